The third-order valence-corrected chi connectivity index (χ3v) is 5.92. The molecule has 0 saturated carbocycles. The average Bonchev–Trinajstić information content (AvgIpc) is 3.31. The molecule has 0 spiro atoms. The van der Waals surface area contributed by atoms with Gasteiger partial charge in [0.2, 0.25) is 5.91 Å². The molecule has 1 amide bonds. The Balaban J connectivity index is 1.49. The standard InChI is InChI=1S/C22H20F2N4OS/c1-12-4-9-17-19(10-12)30-22(26-17)15-5-7-16(8-6-15)25-21(29)14(3)28-13(2)11-18(27-28)20(23)24/h4-11,14,20H,1-3H3,(H,25,29). The molecule has 4 rings (SSSR count). The van der Waals surface area contributed by atoms with Crippen molar-refractivity contribution in [1.82, 2.24) is 14.8 Å². The molecule has 1 N–H and O–H groups in total. The highest BCUT2D eigenvalue weighted by molar-refractivity contribution is 7.21. The van der Waals surface area contributed by atoms with E-state index in [9.17, 15) is 13.6 Å². The molecular weight excluding hydrogens is 406 g/mol. The summed E-state index contributed by atoms with van der Waals surface area (Å²) in [6, 6.07) is 14.2. The summed E-state index contributed by atoms with van der Waals surface area (Å²) in [5.74, 6) is -0.328. The lowest BCUT2D eigenvalue weighted by Crippen LogP contribution is -2.25. The first-order valence-electron chi connectivity index (χ1n) is 9.44. The Hall–Kier alpha value is -3.13. The molecule has 0 aliphatic carbocycles. The molecule has 1 unspecified atom stereocenters. The Morgan fingerprint density at radius 3 is 2.50 bits per heavy atom. The minimum atomic E-state index is -2.67. The van der Waals surface area contributed by atoms with E-state index >= 15 is 0 Å². The first-order chi connectivity index (χ1) is 14.3. The molecular formula is C22H20F2N4OS. The van der Waals surface area contributed by atoms with Gasteiger partial charge in [-0.25, -0.2) is 13.8 Å². The third-order valence-electron chi connectivity index (χ3n) is 4.85. The van der Waals surface area contributed by atoms with Crippen molar-refractivity contribution in [3.05, 3.63) is 65.5 Å². The van der Waals surface area contributed by atoms with Crippen LogP contribution in [-0.4, -0.2) is 20.7 Å². The van der Waals surface area contributed by atoms with Crippen LogP contribution in [0.15, 0.2) is 48.5 Å². The van der Waals surface area contributed by atoms with Gasteiger partial charge in [0, 0.05) is 16.9 Å². The van der Waals surface area contributed by atoms with Gasteiger partial charge in [0.05, 0.1) is 10.2 Å². The molecule has 0 aliphatic heterocycles. The number of carbonyl (C=O) groups is 1. The highest BCUT2D eigenvalue weighted by atomic mass is 32.1. The van der Waals surface area contributed by atoms with E-state index in [1.807, 2.05) is 24.3 Å². The van der Waals surface area contributed by atoms with Crippen molar-refractivity contribution in [2.75, 3.05) is 5.32 Å². The molecule has 2 aromatic heterocycles. The fraction of sp³-hybridized carbons (Fsp3) is 0.227. The lowest BCUT2D eigenvalue weighted by molar-refractivity contribution is -0.119. The number of fused-ring (bicyclic) bond motifs is 1. The summed E-state index contributed by atoms with van der Waals surface area (Å²) in [5, 5.41) is 7.58. The van der Waals surface area contributed by atoms with E-state index in [4.69, 9.17) is 0 Å². The van der Waals surface area contributed by atoms with Gasteiger partial charge in [-0.15, -0.1) is 11.3 Å². The number of benzene rings is 2. The molecule has 8 heteroatoms. The smallest absolute Gasteiger partial charge is 0.282 e. The number of carbonyl (C=O) groups excluding carboxylic acids is 1. The van der Waals surface area contributed by atoms with E-state index in [1.165, 1.54) is 16.3 Å². The number of anilines is 1. The first-order valence-corrected chi connectivity index (χ1v) is 10.3. The molecule has 30 heavy (non-hydrogen) atoms. The summed E-state index contributed by atoms with van der Waals surface area (Å²) in [5.41, 5.74) is 3.91. The van der Waals surface area contributed by atoms with Gasteiger partial charge in [0.1, 0.15) is 16.7 Å². The van der Waals surface area contributed by atoms with Crippen LogP contribution in [0.1, 0.15) is 36.3 Å². The molecule has 154 valence electrons. The van der Waals surface area contributed by atoms with Gasteiger partial charge in [-0.2, -0.15) is 5.10 Å². The van der Waals surface area contributed by atoms with Crippen LogP contribution in [0.2, 0.25) is 0 Å². The topological polar surface area (TPSA) is 59.8 Å². The molecule has 1 atom stereocenters. The lowest BCUT2D eigenvalue weighted by Gasteiger charge is -2.14. The van der Waals surface area contributed by atoms with Gasteiger partial charge < -0.3 is 5.32 Å². The molecule has 2 aromatic carbocycles. The number of hydrogen-bond acceptors (Lipinski definition) is 4. The predicted molar refractivity (Wildman–Crippen MR) is 115 cm³/mol. The molecule has 0 bridgehead atoms. The number of rotatable bonds is 5. The van der Waals surface area contributed by atoms with Crippen LogP contribution < -0.4 is 5.32 Å². The predicted octanol–water partition coefficient (Wildman–Crippen LogP) is 5.91. The summed E-state index contributed by atoms with van der Waals surface area (Å²) in [4.78, 5) is 17.2. The van der Waals surface area contributed by atoms with E-state index in [0.29, 0.717) is 11.4 Å². The zero-order valence-electron chi connectivity index (χ0n) is 16.7. The Morgan fingerprint density at radius 2 is 1.83 bits per heavy atom. The van der Waals surface area contributed by atoms with Gasteiger partial charge in [-0.05, 0) is 68.8 Å². The van der Waals surface area contributed by atoms with Crippen LogP contribution in [0.5, 0.6) is 0 Å². The monoisotopic (exact) mass is 426 g/mol. The third kappa shape index (κ3) is 3.95. The van der Waals surface area contributed by atoms with Crippen LogP contribution in [0.3, 0.4) is 0 Å². The summed E-state index contributed by atoms with van der Waals surface area (Å²) >= 11 is 1.62. The fourth-order valence-electron chi connectivity index (χ4n) is 3.22. The van der Waals surface area contributed by atoms with Gasteiger partial charge in [-0.3, -0.25) is 9.48 Å². The van der Waals surface area contributed by atoms with Crippen molar-refractivity contribution in [2.24, 2.45) is 0 Å². The second kappa shape index (κ2) is 7.95. The van der Waals surface area contributed by atoms with Crippen LogP contribution in [-0.2, 0) is 4.79 Å². The fourth-order valence-corrected chi connectivity index (χ4v) is 4.29. The highest BCUT2D eigenvalue weighted by Gasteiger charge is 2.21. The Morgan fingerprint density at radius 1 is 1.10 bits per heavy atom. The summed E-state index contributed by atoms with van der Waals surface area (Å²) in [6.07, 6.45) is -2.67. The number of nitrogens with zero attached hydrogens (tertiary/aromatic N) is 3. The van der Waals surface area contributed by atoms with Crippen molar-refractivity contribution < 1.29 is 13.6 Å². The molecule has 0 radical (unpaired) electrons. The largest absolute Gasteiger partial charge is 0.324 e. The average molecular weight is 426 g/mol. The van der Waals surface area contributed by atoms with Crippen molar-refractivity contribution >= 4 is 33.1 Å². The lowest BCUT2D eigenvalue weighted by atomic mass is 10.2. The zero-order valence-corrected chi connectivity index (χ0v) is 17.5. The van der Waals surface area contributed by atoms with Crippen LogP contribution in [0, 0.1) is 13.8 Å². The van der Waals surface area contributed by atoms with Gasteiger partial charge >= 0.3 is 0 Å². The van der Waals surface area contributed by atoms with Crippen molar-refractivity contribution in [1.29, 1.82) is 0 Å². The number of aromatic nitrogens is 3. The second-order valence-corrected chi connectivity index (χ2v) is 8.22. The first kappa shape index (κ1) is 20.2. The molecule has 5 nitrogen and oxygen atoms in total. The number of nitrogens with one attached hydrogen (secondary N) is 1. The van der Waals surface area contributed by atoms with Gasteiger partial charge in [0.25, 0.3) is 6.43 Å². The van der Waals surface area contributed by atoms with E-state index in [-0.39, 0.29) is 11.6 Å². The van der Waals surface area contributed by atoms with E-state index in [0.717, 1.165) is 20.8 Å². The number of thiazole rings is 1. The minimum Gasteiger partial charge on any atom is -0.324 e. The SMILES string of the molecule is Cc1ccc2nc(-c3ccc(NC(=O)C(C)n4nc(C(F)F)cc4C)cc3)sc2c1. The molecule has 4 aromatic rings. The molecule has 2 heterocycles. The van der Waals surface area contributed by atoms with Crippen molar-refractivity contribution in [2.45, 2.75) is 33.2 Å². The van der Waals surface area contributed by atoms with Crippen LogP contribution in [0.25, 0.3) is 20.8 Å². The van der Waals surface area contributed by atoms with Gasteiger partial charge in [0.15, 0.2) is 0 Å². The maximum atomic E-state index is 12.9. The number of halogens is 2. The Bertz CT molecular complexity index is 1210. The number of amides is 1. The molecule has 0 fully saturated rings. The minimum absolute atomic E-state index is 0.328. The summed E-state index contributed by atoms with van der Waals surface area (Å²) in [7, 11) is 0. The maximum absolute atomic E-state index is 12.9. The van der Waals surface area contributed by atoms with E-state index in [2.05, 4.69) is 28.4 Å². The molecule has 0 saturated heterocycles. The number of aryl methyl sites for hydroxylation is 2. The number of hydrogen-bond donors (Lipinski definition) is 1. The van der Waals surface area contributed by atoms with Crippen LogP contribution in [0.4, 0.5) is 14.5 Å². The number of alkyl halides is 2. The maximum Gasteiger partial charge on any atom is 0.282 e. The Labute approximate surface area is 176 Å². The van der Waals surface area contributed by atoms with Gasteiger partial charge in [-0.1, -0.05) is 6.07 Å². The molecule has 0 aliphatic rings. The zero-order chi connectivity index (χ0) is 21.4. The van der Waals surface area contributed by atoms with E-state index in [1.54, 1.807) is 37.3 Å². The van der Waals surface area contributed by atoms with Crippen molar-refractivity contribution in [3.8, 4) is 10.6 Å². The van der Waals surface area contributed by atoms with Crippen molar-refractivity contribution in [3.63, 3.8) is 0 Å². The second-order valence-electron chi connectivity index (χ2n) is 7.19. The Kier molecular flexibility index (Phi) is 5.34. The summed E-state index contributed by atoms with van der Waals surface area (Å²) in [6.45, 7) is 5.33. The normalized spacial score (nSPS) is 12.5. The summed E-state index contributed by atoms with van der Waals surface area (Å²) < 4.78 is 28.2. The van der Waals surface area contributed by atoms with Crippen LogP contribution >= 0.6 is 11.3 Å². The quantitative estimate of drug-likeness (QED) is 0.431. The van der Waals surface area contributed by atoms with E-state index < -0.39 is 12.5 Å². The highest BCUT2D eigenvalue weighted by Crippen LogP contribution is 2.31.